The predicted octanol–water partition coefficient (Wildman–Crippen LogP) is 5.01. The monoisotopic (exact) mass is 366 g/mol. The van der Waals surface area contributed by atoms with Crippen LogP contribution in [0.4, 0.5) is 0 Å². The van der Waals surface area contributed by atoms with Crippen molar-refractivity contribution in [3.8, 4) is 0 Å². The topological polar surface area (TPSA) is 46.5 Å². The molecular weight excluding hydrogens is 347 g/mol. The average molecular weight is 367 g/mol. The highest BCUT2D eigenvalue weighted by Crippen LogP contribution is 2.37. The molecule has 2 aromatic carbocycles. The summed E-state index contributed by atoms with van der Waals surface area (Å²) in [5, 5.41) is 12.1. The number of rotatable bonds is 6. The van der Waals surface area contributed by atoms with Crippen molar-refractivity contribution >= 4 is 29.2 Å². The summed E-state index contributed by atoms with van der Waals surface area (Å²) >= 11 is 12.0. The van der Waals surface area contributed by atoms with Crippen LogP contribution in [0.3, 0.4) is 0 Å². The molecule has 0 fully saturated rings. The number of halogens is 2. The molecule has 0 radical (unpaired) electrons. The lowest BCUT2D eigenvalue weighted by molar-refractivity contribution is -0.145. The van der Waals surface area contributed by atoms with Gasteiger partial charge in [0.25, 0.3) is 0 Å². The number of carbonyl (C=O) groups excluding carboxylic acids is 1. The van der Waals surface area contributed by atoms with Gasteiger partial charge < -0.3 is 9.84 Å². The Balaban J connectivity index is 2.34. The molecule has 0 aliphatic rings. The molecule has 1 unspecified atom stereocenters. The number of aliphatic hydroxyl groups is 1. The predicted molar refractivity (Wildman–Crippen MR) is 96.4 cm³/mol. The minimum Gasteiger partial charge on any atom is -0.469 e. The summed E-state index contributed by atoms with van der Waals surface area (Å²) in [4.78, 5) is 11.8. The maximum absolute atomic E-state index is 11.8. The van der Waals surface area contributed by atoms with Gasteiger partial charge in [-0.25, -0.2) is 0 Å². The summed E-state index contributed by atoms with van der Waals surface area (Å²) < 4.78 is 4.81. The lowest BCUT2D eigenvalue weighted by atomic mass is 9.82. The summed E-state index contributed by atoms with van der Waals surface area (Å²) in [7, 11) is 1.36. The summed E-state index contributed by atoms with van der Waals surface area (Å²) in [5.41, 5.74) is 1.61. The van der Waals surface area contributed by atoms with Gasteiger partial charge in [0.15, 0.2) is 0 Å². The standard InChI is InChI=1S/C19H20Cl2O3/c1-12(19(23)24-2)10-17(14-4-3-5-16(21)11-14)18(22)13-6-8-15(20)9-7-13/h3-9,11-12,17-18,22H,10H2,1-2H3/t12?,17-,18+/m0/s1. The van der Waals surface area contributed by atoms with E-state index < -0.39 is 6.10 Å². The van der Waals surface area contributed by atoms with Crippen molar-refractivity contribution in [1.29, 1.82) is 0 Å². The minimum absolute atomic E-state index is 0.293. The molecule has 128 valence electrons. The van der Waals surface area contributed by atoms with E-state index in [1.165, 1.54) is 7.11 Å². The van der Waals surface area contributed by atoms with Crippen LogP contribution in [-0.2, 0) is 9.53 Å². The fourth-order valence-electron chi connectivity index (χ4n) is 2.76. The number of methoxy groups -OCH3 is 1. The molecule has 24 heavy (non-hydrogen) atoms. The Kier molecular flexibility index (Phi) is 6.67. The first-order chi connectivity index (χ1) is 11.4. The molecule has 0 aliphatic carbocycles. The molecule has 0 bridgehead atoms. The Bertz CT molecular complexity index is 685. The Hall–Kier alpha value is -1.55. The third-order valence-corrected chi connectivity index (χ3v) is 4.57. The number of hydrogen-bond acceptors (Lipinski definition) is 3. The number of aliphatic hydroxyl groups excluding tert-OH is 1. The van der Waals surface area contributed by atoms with Crippen molar-refractivity contribution in [3.05, 3.63) is 69.7 Å². The van der Waals surface area contributed by atoms with Crippen LogP contribution in [0, 0.1) is 5.92 Å². The van der Waals surface area contributed by atoms with Crippen LogP contribution in [0.2, 0.25) is 10.0 Å². The number of esters is 1. The van der Waals surface area contributed by atoms with E-state index in [-0.39, 0.29) is 17.8 Å². The molecule has 0 amide bonds. The summed E-state index contributed by atoms with van der Waals surface area (Å²) in [6.45, 7) is 1.79. The van der Waals surface area contributed by atoms with Gasteiger partial charge in [0.1, 0.15) is 0 Å². The molecule has 5 heteroatoms. The molecule has 0 heterocycles. The molecule has 0 spiro atoms. The largest absolute Gasteiger partial charge is 0.469 e. The Morgan fingerprint density at radius 1 is 1.08 bits per heavy atom. The van der Waals surface area contributed by atoms with Gasteiger partial charge in [0.05, 0.1) is 19.1 Å². The molecule has 0 saturated heterocycles. The molecule has 0 aliphatic heterocycles. The number of carbonyl (C=O) groups is 1. The lowest BCUT2D eigenvalue weighted by Gasteiger charge is -2.26. The van der Waals surface area contributed by atoms with Crippen LogP contribution in [0.5, 0.6) is 0 Å². The van der Waals surface area contributed by atoms with Crippen LogP contribution in [0.1, 0.15) is 36.5 Å². The number of hydrogen-bond donors (Lipinski definition) is 1. The van der Waals surface area contributed by atoms with Crippen molar-refractivity contribution in [2.45, 2.75) is 25.4 Å². The highest BCUT2D eigenvalue weighted by molar-refractivity contribution is 6.30. The van der Waals surface area contributed by atoms with Gasteiger partial charge in [0, 0.05) is 16.0 Å². The van der Waals surface area contributed by atoms with E-state index >= 15 is 0 Å². The second-order valence-corrected chi connectivity index (χ2v) is 6.69. The molecule has 2 aromatic rings. The third-order valence-electron chi connectivity index (χ3n) is 4.08. The summed E-state index contributed by atoms with van der Waals surface area (Å²) in [6, 6.07) is 14.4. The lowest BCUT2D eigenvalue weighted by Crippen LogP contribution is -2.20. The van der Waals surface area contributed by atoms with Gasteiger partial charge in [-0.2, -0.15) is 0 Å². The van der Waals surface area contributed by atoms with Crippen LogP contribution >= 0.6 is 23.2 Å². The second-order valence-electron chi connectivity index (χ2n) is 5.82. The summed E-state index contributed by atoms with van der Waals surface area (Å²) in [6.07, 6.45) is -0.343. The van der Waals surface area contributed by atoms with E-state index in [0.717, 1.165) is 11.1 Å². The van der Waals surface area contributed by atoms with E-state index in [9.17, 15) is 9.90 Å². The van der Waals surface area contributed by atoms with E-state index in [2.05, 4.69) is 0 Å². The van der Waals surface area contributed by atoms with Gasteiger partial charge >= 0.3 is 5.97 Å². The first-order valence-electron chi connectivity index (χ1n) is 7.69. The van der Waals surface area contributed by atoms with Crippen molar-refractivity contribution in [1.82, 2.24) is 0 Å². The van der Waals surface area contributed by atoms with Gasteiger partial charge in [-0.05, 0) is 41.8 Å². The molecule has 3 atom stereocenters. The van der Waals surface area contributed by atoms with Crippen molar-refractivity contribution in [2.24, 2.45) is 5.92 Å². The number of ether oxygens (including phenoxy) is 1. The van der Waals surface area contributed by atoms with E-state index in [0.29, 0.717) is 16.5 Å². The quantitative estimate of drug-likeness (QED) is 0.730. The number of benzene rings is 2. The molecule has 0 aromatic heterocycles. The Morgan fingerprint density at radius 3 is 2.33 bits per heavy atom. The Labute approximate surface area is 152 Å². The van der Waals surface area contributed by atoms with Crippen LogP contribution < -0.4 is 0 Å². The second kappa shape index (κ2) is 8.52. The van der Waals surface area contributed by atoms with Gasteiger partial charge in [0.2, 0.25) is 0 Å². The van der Waals surface area contributed by atoms with E-state index in [4.69, 9.17) is 27.9 Å². The van der Waals surface area contributed by atoms with Gasteiger partial charge in [-0.3, -0.25) is 4.79 Å². The zero-order valence-corrected chi connectivity index (χ0v) is 15.1. The van der Waals surface area contributed by atoms with Crippen molar-refractivity contribution < 1.29 is 14.6 Å². The minimum atomic E-state index is -0.784. The molecule has 2 rings (SSSR count). The SMILES string of the molecule is COC(=O)C(C)C[C@@H](c1cccc(Cl)c1)[C@H](O)c1ccc(Cl)cc1. The highest BCUT2D eigenvalue weighted by atomic mass is 35.5. The summed E-state index contributed by atoms with van der Waals surface area (Å²) in [5.74, 6) is -0.940. The maximum atomic E-state index is 11.8. The zero-order valence-electron chi connectivity index (χ0n) is 13.6. The van der Waals surface area contributed by atoms with Crippen molar-refractivity contribution in [3.63, 3.8) is 0 Å². The Morgan fingerprint density at radius 2 is 1.75 bits per heavy atom. The molecule has 0 saturated carbocycles. The first kappa shape index (κ1) is 18.8. The zero-order chi connectivity index (χ0) is 17.7. The van der Waals surface area contributed by atoms with Gasteiger partial charge in [-0.15, -0.1) is 0 Å². The fraction of sp³-hybridized carbons (Fsp3) is 0.316. The van der Waals surface area contributed by atoms with E-state index in [1.54, 1.807) is 37.3 Å². The van der Waals surface area contributed by atoms with Crippen molar-refractivity contribution in [2.75, 3.05) is 7.11 Å². The first-order valence-corrected chi connectivity index (χ1v) is 8.44. The average Bonchev–Trinajstić information content (AvgIpc) is 2.58. The third kappa shape index (κ3) is 4.73. The van der Waals surface area contributed by atoms with E-state index in [1.807, 2.05) is 18.2 Å². The van der Waals surface area contributed by atoms with Crippen LogP contribution in [-0.4, -0.2) is 18.2 Å². The smallest absolute Gasteiger partial charge is 0.308 e. The van der Waals surface area contributed by atoms with Crippen LogP contribution in [0.15, 0.2) is 48.5 Å². The van der Waals surface area contributed by atoms with Gasteiger partial charge in [-0.1, -0.05) is 54.4 Å². The van der Waals surface area contributed by atoms with Crippen LogP contribution in [0.25, 0.3) is 0 Å². The fourth-order valence-corrected chi connectivity index (χ4v) is 3.08. The molecular formula is C19H20Cl2O3. The molecule has 1 N–H and O–H groups in total. The maximum Gasteiger partial charge on any atom is 0.308 e. The molecule has 3 nitrogen and oxygen atoms in total. The highest BCUT2D eigenvalue weighted by Gasteiger charge is 2.28. The normalized spacial score (nSPS) is 14.7.